The monoisotopic (exact) mass is 238 g/mol. The summed E-state index contributed by atoms with van der Waals surface area (Å²) in [6.45, 7) is 4.45. The van der Waals surface area contributed by atoms with Crippen LogP contribution in [0.5, 0.6) is 0 Å². The average Bonchev–Trinajstić information content (AvgIpc) is 1.95. The topological polar surface area (TPSA) is 118 Å². The first-order valence-corrected chi connectivity index (χ1v) is 5.20. The molecule has 7 nitrogen and oxygen atoms in total. The molecule has 0 aromatic heterocycles. The second-order valence-electron chi connectivity index (χ2n) is 2.72. The molecule has 1 unspecified atom stereocenters. The smallest absolute Gasteiger partial charge is 0.332 e. The lowest BCUT2D eigenvalue weighted by Gasteiger charge is -2.10. The molecule has 0 saturated heterocycles. The van der Waals surface area contributed by atoms with E-state index in [9.17, 15) is 18.0 Å². The summed E-state index contributed by atoms with van der Waals surface area (Å²) in [5.41, 5.74) is 0. The van der Waals surface area contributed by atoms with Crippen molar-refractivity contribution in [1.82, 2.24) is 0 Å². The largest absolute Gasteiger partial charge is 0.481 e. The van der Waals surface area contributed by atoms with Gasteiger partial charge in [-0.25, -0.2) is 0 Å². The Bertz CT molecular complexity index is 380. The van der Waals surface area contributed by atoms with E-state index >= 15 is 0 Å². The van der Waals surface area contributed by atoms with Gasteiger partial charge in [0.15, 0.2) is 5.25 Å². The highest BCUT2D eigenvalue weighted by Gasteiger charge is 2.35. The van der Waals surface area contributed by atoms with Crippen molar-refractivity contribution < 1.29 is 32.4 Å². The molecule has 0 heterocycles. The van der Waals surface area contributed by atoms with E-state index < -0.39 is 33.7 Å². The van der Waals surface area contributed by atoms with E-state index in [-0.39, 0.29) is 5.76 Å². The number of ether oxygens (including phenoxy) is 1. The van der Waals surface area contributed by atoms with Crippen molar-refractivity contribution in [3.05, 3.63) is 12.3 Å². The summed E-state index contributed by atoms with van der Waals surface area (Å²) < 4.78 is 34.2. The molecular weight excluding hydrogens is 228 g/mol. The summed E-state index contributed by atoms with van der Waals surface area (Å²) in [5.74, 6) is -3.01. The van der Waals surface area contributed by atoms with Crippen molar-refractivity contribution in [2.24, 2.45) is 0 Å². The van der Waals surface area contributed by atoms with Gasteiger partial charge in [-0.1, -0.05) is 6.58 Å². The van der Waals surface area contributed by atoms with Gasteiger partial charge in [-0.15, -0.1) is 0 Å². The van der Waals surface area contributed by atoms with Crippen molar-refractivity contribution in [2.75, 3.05) is 0 Å². The first kappa shape index (κ1) is 13.6. The molecule has 0 fully saturated rings. The molecule has 0 saturated carbocycles. The molecule has 15 heavy (non-hydrogen) atoms. The Kier molecular flexibility index (Phi) is 4.43. The number of carboxylic acids is 1. The van der Waals surface area contributed by atoms with Crippen molar-refractivity contribution >= 4 is 22.1 Å². The predicted octanol–water partition coefficient (Wildman–Crippen LogP) is -0.206. The van der Waals surface area contributed by atoms with E-state index in [1.807, 2.05) is 0 Å². The van der Waals surface area contributed by atoms with Crippen LogP contribution >= 0.6 is 0 Å². The van der Waals surface area contributed by atoms with Crippen LogP contribution < -0.4 is 0 Å². The zero-order valence-corrected chi connectivity index (χ0v) is 8.65. The van der Waals surface area contributed by atoms with Gasteiger partial charge in [0.2, 0.25) is 0 Å². The normalized spacial score (nSPS) is 12.9. The number of esters is 1. The number of carbonyl (C=O) groups is 2. The summed E-state index contributed by atoms with van der Waals surface area (Å²) in [5, 5.41) is 6.19. The van der Waals surface area contributed by atoms with Crippen LogP contribution in [0.4, 0.5) is 0 Å². The van der Waals surface area contributed by atoms with Gasteiger partial charge in [0.25, 0.3) is 10.1 Å². The molecule has 1 atom stereocenters. The van der Waals surface area contributed by atoms with Crippen LogP contribution in [-0.4, -0.2) is 35.3 Å². The van der Waals surface area contributed by atoms with Gasteiger partial charge in [-0.05, 0) is 6.92 Å². The lowest BCUT2D eigenvalue weighted by molar-refractivity contribution is -0.144. The number of rotatable bonds is 5. The van der Waals surface area contributed by atoms with Crippen LogP contribution in [0.25, 0.3) is 0 Å². The second-order valence-corrected chi connectivity index (χ2v) is 4.32. The van der Waals surface area contributed by atoms with Gasteiger partial charge >= 0.3 is 11.9 Å². The van der Waals surface area contributed by atoms with Crippen LogP contribution in [0, 0.1) is 0 Å². The third-order valence-electron chi connectivity index (χ3n) is 1.26. The van der Waals surface area contributed by atoms with E-state index in [1.165, 1.54) is 6.92 Å². The molecule has 0 spiro atoms. The first-order chi connectivity index (χ1) is 6.64. The highest BCUT2D eigenvalue weighted by Crippen LogP contribution is 2.09. The summed E-state index contributed by atoms with van der Waals surface area (Å²) in [6, 6.07) is 0. The quantitative estimate of drug-likeness (QED) is 0.386. The van der Waals surface area contributed by atoms with Gasteiger partial charge in [0, 0.05) is 0 Å². The number of carboxylic acid groups (broad SMARTS) is 1. The minimum Gasteiger partial charge on any atom is -0.481 e. The summed E-state index contributed by atoms with van der Waals surface area (Å²) in [6.07, 6.45) is -1.06. The SMILES string of the molecule is C=C(C)OC(=O)C(CC(=O)O)S(=O)(=O)O. The first-order valence-electron chi connectivity index (χ1n) is 3.70. The molecule has 0 bridgehead atoms. The van der Waals surface area contributed by atoms with Gasteiger partial charge in [-0.2, -0.15) is 8.42 Å². The third-order valence-corrected chi connectivity index (χ3v) is 2.34. The fraction of sp³-hybridized carbons (Fsp3) is 0.429. The van der Waals surface area contributed by atoms with Crippen LogP contribution in [0.2, 0.25) is 0 Å². The molecule has 0 radical (unpaired) electrons. The standard InChI is InChI=1S/C7H10O7S/c1-4(2)14-7(10)5(3-6(8)9)15(11,12)13/h5H,1,3H2,2H3,(H,8,9)(H,11,12,13). The summed E-state index contributed by atoms with van der Waals surface area (Å²) in [4.78, 5) is 21.3. The summed E-state index contributed by atoms with van der Waals surface area (Å²) in [7, 11) is -4.80. The number of allylic oxidation sites excluding steroid dienone is 1. The highest BCUT2D eigenvalue weighted by atomic mass is 32.2. The van der Waals surface area contributed by atoms with Crippen LogP contribution in [0.15, 0.2) is 12.3 Å². The van der Waals surface area contributed by atoms with Crippen LogP contribution in [0.3, 0.4) is 0 Å². The molecule has 2 N–H and O–H groups in total. The molecule has 0 aliphatic carbocycles. The van der Waals surface area contributed by atoms with Crippen molar-refractivity contribution in [2.45, 2.75) is 18.6 Å². The molecule has 0 amide bonds. The Morgan fingerprint density at radius 1 is 1.47 bits per heavy atom. The van der Waals surface area contributed by atoms with Gasteiger partial charge < -0.3 is 9.84 Å². The number of hydrogen-bond acceptors (Lipinski definition) is 5. The van der Waals surface area contributed by atoms with E-state index in [0.29, 0.717) is 0 Å². The van der Waals surface area contributed by atoms with Crippen molar-refractivity contribution in [1.29, 1.82) is 0 Å². The molecule has 0 rings (SSSR count). The molecule has 0 aliphatic heterocycles. The predicted molar refractivity (Wildman–Crippen MR) is 48.5 cm³/mol. The van der Waals surface area contributed by atoms with Crippen molar-refractivity contribution in [3.63, 3.8) is 0 Å². The maximum absolute atomic E-state index is 11.1. The second kappa shape index (κ2) is 4.89. The number of hydrogen-bond donors (Lipinski definition) is 2. The van der Waals surface area contributed by atoms with Crippen LogP contribution in [-0.2, 0) is 24.4 Å². The molecular formula is C7H10O7S. The molecule has 86 valence electrons. The average molecular weight is 238 g/mol. The van der Waals surface area contributed by atoms with E-state index in [1.54, 1.807) is 0 Å². The Hall–Kier alpha value is -1.41. The zero-order chi connectivity index (χ0) is 12.2. The van der Waals surface area contributed by atoms with Gasteiger partial charge in [0.05, 0.1) is 12.2 Å². The van der Waals surface area contributed by atoms with Crippen molar-refractivity contribution in [3.8, 4) is 0 Å². The Balaban J connectivity index is 4.88. The van der Waals surface area contributed by atoms with E-state index in [0.717, 1.165) is 0 Å². The Labute approximate surface area is 86.1 Å². The fourth-order valence-electron chi connectivity index (χ4n) is 0.706. The molecule has 0 aromatic rings. The fourth-order valence-corrected chi connectivity index (χ4v) is 1.35. The molecule has 8 heteroatoms. The lowest BCUT2D eigenvalue weighted by atomic mass is 10.3. The Morgan fingerprint density at radius 3 is 2.20 bits per heavy atom. The number of carbonyl (C=O) groups excluding carboxylic acids is 1. The minimum absolute atomic E-state index is 0.0981. The maximum Gasteiger partial charge on any atom is 0.332 e. The van der Waals surface area contributed by atoms with Gasteiger partial charge in [-0.3, -0.25) is 14.1 Å². The zero-order valence-electron chi connectivity index (χ0n) is 7.84. The van der Waals surface area contributed by atoms with Gasteiger partial charge in [0.1, 0.15) is 0 Å². The lowest BCUT2D eigenvalue weighted by Crippen LogP contribution is -2.33. The van der Waals surface area contributed by atoms with E-state index in [2.05, 4.69) is 11.3 Å². The summed E-state index contributed by atoms with van der Waals surface area (Å²) >= 11 is 0. The Morgan fingerprint density at radius 2 is 1.93 bits per heavy atom. The maximum atomic E-state index is 11.1. The minimum atomic E-state index is -4.80. The van der Waals surface area contributed by atoms with Crippen LogP contribution in [0.1, 0.15) is 13.3 Å². The molecule has 0 aromatic carbocycles. The third kappa shape index (κ3) is 5.13. The number of aliphatic carboxylic acids is 1. The molecule has 0 aliphatic rings. The van der Waals surface area contributed by atoms with E-state index in [4.69, 9.17) is 9.66 Å². The highest BCUT2D eigenvalue weighted by molar-refractivity contribution is 7.87.